The number of methoxy groups -OCH3 is 1. The molecule has 216 valence electrons. The van der Waals surface area contributed by atoms with Crippen LogP contribution in [0.25, 0.3) is 34.1 Å². The number of ether oxygens (including phenoxy) is 1. The second kappa shape index (κ2) is 11.0. The maximum atomic E-state index is 11.8. The minimum atomic E-state index is -0.683. The van der Waals surface area contributed by atoms with Crippen LogP contribution in [-0.2, 0) is 11.3 Å². The molecule has 12 heteroatoms. The number of rotatable bonds is 8. The van der Waals surface area contributed by atoms with E-state index < -0.39 is 5.76 Å². The zero-order valence-electron chi connectivity index (χ0n) is 23.6. The summed E-state index contributed by atoms with van der Waals surface area (Å²) < 4.78 is 13.0. The van der Waals surface area contributed by atoms with Crippen molar-refractivity contribution in [2.45, 2.75) is 70.6 Å². The summed E-state index contributed by atoms with van der Waals surface area (Å²) in [7, 11) is 1.76. The highest BCUT2D eigenvalue weighted by Crippen LogP contribution is 2.39. The molecule has 1 aliphatic heterocycles. The summed E-state index contributed by atoms with van der Waals surface area (Å²) in [6.45, 7) is 9.90. The van der Waals surface area contributed by atoms with E-state index in [-0.39, 0.29) is 23.3 Å². The maximum Gasteiger partial charge on any atom is 0.439 e. The number of H-pyrrole nitrogens is 1. The summed E-state index contributed by atoms with van der Waals surface area (Å²) in [4.78, 5) is 35.8. The average Bonchev–Trinajstić information content (AvgIpc) is 3.72. The second-order valence-corrected chi connectivity index (χ2v) is 12.0. The minimum absolute atomic E-state index is 0.131. The number of nitrogens with one attached hydrogen (secondary N) is 1. The molecular weight excluding hydrogens is 544 g/mol. The van der Waals surface area contributed by atoms with E-state index in [1.54, 1.807) is 19.5 Å². The number of halogens is 1. The Labute approximate surface area is 243 Å². The highest BCUT2D eigenvalue weighted by Gasteiger charge is 2.40. The summed E-state index contributed by atoms with van der Waals surface area (Å²) in [6.07, 6.45) is 11.9. The molecule has 11 nitrogen and oxygen atoms in total. The third-order valence-corrected chi connectivity index (χ3v) is 8.92. The number of anilines is 1. The number of pyridine rings is 1. The number of hydrogen-bond acceptors (Lipinski definition) is 9. The molecule has 1 unspecified atom stereocenters. The topological polar surface area (TPSA) is 128 Å². The predicted molar refractivity (Wildman–Crippen MR) is 157 cm³/mol. The van der Waals surface area contributed by atoms with Crippen molar-refractivity contribution in [2.75, 3.05) is 18.6 Å². The van der Waals surface area contributed by atoms with Gasteiger partial charge in [-0.25, -0.2) is 14.8 Å². The molecular formula is C29H35ClN8O3. The molecule has 1 N–H and O–H groups in total. The van der Waals surface area contributed by atoms with Crippen LogP contribution in [0.1, 0.15) is 52.4 Å². The molecule has 2 fully saturated rings. The van der Waals surface area contributed by atoms with Gasteiger partial charge in [-0.05, 0) is 70.3 Å². The summed E-state index contributed by atoms with van der Waals surface area (Å²) in [6, 6.07) is 1.96. The Morgan fingerprint density at radius 2 is 2.00 bits per heavy atom. The molecule has 0 radical (unpaired) electrons. The Morgan fingerprint density at radius 1 is 1.20 bits per heavy atom. The molecule has 1 saturated carbocycles. The summed E-state index contributed by atoms with van der Waals surface area (Å²) in [5.74, 6) is 1.53. The van der Waals surface area contributed by atoms with Crippen LogP contribution in [-0.4, -0.2) is 59.9 Å². The van der Waals surface area contributed by atoms with Crippen molar-refractivity contribution < 1.29 is 9.26 Å². The second-order valence-electron chi connectivity index (χ2n) is 11.6. The normalized spacial score (nSPS) is 21.6. The van der Waals surface area contributed by atoms with E-state index >= 15 is 0 Å². The third-order valence-electron chi connectivity index (χ3n) is 8.72. The third kappa shape index (κ3) is 5.28. The van der Waals surface area contributed by atoms with Gasteiger partial charge in [0.2, 0.25) is 17.6 Å². The fourth-order valence-electron chi connectivity index (χ4n) is 6.32. The quantitative estimate of drug-likeness (QED) is 0.278. The van der Waals surface area contributed by atoms with Crippen LogP contribution < -0.4 is 10.7 Å². The van der Waals surface area contributed by atoms with E-state index in [1.165, 1.54) is 0 Å². The SMILES string of the molecule is C=CC1CCC(Cn2c(N3CCCC3C(C)(C)OC)nc3nc(-c4noc(=O)[nH]4)nc(-c4cncc(Cl)c4)c32)CC1. The number of fused-ring (bicyclic) bond motifs is 1. The van der Waals surface area contributed by atoms with Crippen molar-refractivity contribution in [2.24, 2.45) is 11.8 Å². The molecule has 0 spiro atoms. The Hall–Kier alpha value is -3.57. The van der Waals surface area contributed by atoms with Gasteiger partial charge in [0.15, 0.2) is 5.65 Å². The van der Waals surface area contributed by atoms with Gasteiger partial charge in [0, 0.05) is 38.2 Å². The van der Waals surface area contributed by atoms with Gasteiger partial charge in [-0.1, -0.05) is 22.8 Å². The van der Waals surface area contributed by atoms with E-state index in [4.69, 9.17) is 35.8 Å². The Kier molecular flexibility index (Phi) is 7.41. The first-order chi connectivity index (χ1) is 19.8. The summed E-state index contributed by atoms with van der Waals surface area (Å²) in [5, 5.41) is 4.32. The lowest BCUT2D eigenvalue weighted by Gasteiger charge is -2.38. The van der Waals surface area contributed by atoms with Crippen LogP contribution in [0.3, 0.4) is 0 Å². The molecule has 1 atom stereocenters. The van der Waals surface area contributed by atoms with Gasteiger partial charge >= 0.3 is 5.76 Å². The first-order valence-corrected chi connectivity index (χ1v) is 14.5. The number of allylic oxidation sites excluding steroid dienone is 1. The molecule has 0 aromatic carbocycles. The van der Waals surface area contributed by atoms with Crippen LogP contribution in [0.2, 0.25) is 5.02 Å². The van der Waals surface area contributed by atoms with Gasteiger partial charge in [-0.2, -0.15) is 4.98 Å². The van der Waals surface area contributed by atoms with E-state index in [0.717, 1.165) is 68.6 Å². The minimum Gasteiger partial charge on any atom is -0.377 e. The smallest absolute Gasteiger partial charge is 0.377 e. The maximum absolute atomic E-state index is 11.8. The van der Waals surface area contributed by atoms with Crippen LogP contribution in [0.4, 0.5) is 5.95 Å². The Bertz CT molecular complexity index is 1620. The van der Waals surface area contributed by atoms with Crippen molar-refractivity contribution in [3.63, 3.8) is 0 Å². The van der Waals surface area contributed by atoms with Gasteiger partial charge in [-0.3, -0.25) is 14.5 Å². The standard InChI is InChI=1S/C29H35ClN8O3/c1-5-17-8-10-18(11-9-17)16-38-23-22(19-13-20(30)15-31-14-19)32-25(26-35-28(39)41-36-26)33-24(23)34-27(38)37-12-6-7-21(37)29(2,3)40-4/h5,13-15,17-18,21H,1,6-12,16H2,2-4H3,(H,35,36,39). The van der Waals surface area contributed by atoms with Gasteiger partial charge in [0.05, 0.1) is 16.7 Å². The summed E-state index contributed by atoms with van der Waals surface area (Å²) >= 11 is 6.39. The lowest BCUT2D eigenvalue weighted by Crippen LogP contribution is -2.48. The molecule has 0 amide bonds. The van der Waals surface area contributed by atoms with Crippen LogP contribution in [0.15, 0.2) is 40.4 Å². The molecule has 4 aromatic rings. The van der Waals surface area contributed by atoms with Gasteiger partial charge in [-0.15, -0.1) is 6.58 Å². The van der Waals surface area contributed by atoms with Crippen LogP contribution >= 0.6 is 11.6 Å². The number of aromatic nitrogens is 7. The molecule has 41 heavy (non-hydrogen) atoms. The van der Waals surface area contributed by atoms with E-state index in [9.17, 15) is 4.79 Å². The number of nitrogens with zero attached hydrogens (tertiary/aromatic N) is 7. The highest BCUT2D eigenvalue weighted by molar-refractivity contribution is 6.30. The molecule has 2 aliphatic rings. The highest BCUT2D eigenvalue weighted by atomic mass is 35.5. The zero-order chi connectivity index (χ0) is 28.7. The number of imidazole rings is 1. The lowest BCUT2D eigenvalue weighted by atomic mass is 9.82. The van der Waals surface area contributed by atoms with Crippen molar-refractivity contribution in [1.29, 1.82) is 0 Å². The number of hydrogen-bond donors (Lipinski definition) is 1. The van der Waals surface area contributed by atoms with Crippen molar-refractivity contribution in [3.05, 3.63) is 46.7 Å². The molecule has 1 saturated heterocycles. The van der Waals surface area contributed by atoms with E-state index in [1.807, 2.05) is 6.07 Å². The van der Waals surface area contributed by atoms with Crippen LogP contribution in [0, 0.1) is 11.8 Å². The lowest BCUT2D eigenvalue weighted by molar-refractivity contribution is 0.00151. The predicted octanol–water partition coefficient (Wildman–Crippen LogP) is 5.27. The molecule has 5 heterocycles. The molecule has 4 aromatic heterocycles. The van der Waals surface area contributed by atoms with E-state index in [0.29, 0.717) is 28.2 Å². The Morgan fingerprint density at radius 3 is 2.68 bits per heavy atom. The first kappa shape index (κ1) is 27.6. The number of aromatic amines is 1. The molecule has 1 aliphatic carbocycles. The molecule has 0 bridgehead atoms. The average molecular weight is 579 g/mol. The monoisotopic (exact) mass is 578 g/mol. The summed E-state index contributed by atoms with van der Waals surface area (Å²) in [5.41, 5.74) is 2.26. The first-order valence-electron chi connectivity index (χ1n) is 14.2. The van der Waals surface area contributed by atoms with Gasteiger partial charge < -0.3 is 14.2 Å². The largest absolute Gasteiger partial charge is 0.439 e. The van der Waals surface area contributed by atoms with Gasteiger partial charge in [0.25, 0.3) is 0 Å². The van der Waals surface area contributed by atoms with Crippen molar-refractivity contribution in [1.82, 2.24) is 34.6 Å². The van der Waals surface area contributed by atoms with Crippen LogP contribution in [0.5, 0.6) is 0 Å². The molecule has 6 rings (SSSR count). The van der Waals surface area contributed by atoms with Crippen molar-refractivity contribution in [3.8, 4) is 22.9 Å². The van der Waals surface area contributed by atoms with Gasteiger partial charge in [0.1, 0.15) is 11.2 Å². The zero-order valence-corrected chi connectivity index (χ0v) is 24.4. The fourth-order valence-corrected chi connectivity index (χ4v) is 6.50. The fraction of sp³-hybridized carbons (Fsp3) is 0.517. The van der Waals surface area contributed by atoms with E-state index in [2.05, 4.69) is 51.1 Å². The van der Waals surface area contributed by atoms with Crippen molar-refractivity contribution >= 4 is 28.7 Å². The Balaban J connectivity index is 1.57.